The molecule has 0 amide bonds. The molecule has 0 saturated carbocycles. The lowest BCUT2D eigenvalue weighted by Crippen LogP contribution is -2.49. The van der Waals surface area contributed by atoms with Gasteiger partial charge in [0.05, 0.1) is 11.9 Å². The Morgan fingerprint density at radius 1 is 1.08 bits per heavy atom. The number of nitrogens with zero attached hydrogens (tertiary/aromatic N) is 5. The first-order valence-corrected chi connectivity index (χ1v) is 13.9. The minimum absolute atomic E-state index is 0.0152. The fourth-order valence-corrected chi connectivity index (χ4v) is 5.53. The van der Waals surface area contributed by atoms with Crippen LogP contribution in [0.4, 0.5) is 11.6 Å². The first-order valence-electron chi connectivity index (χ1n) is 12.4. The van der Waals surface area contributed by atoms with Crippen LogP contribution in [0, 0.1) is 13.8 Å². The fourth-order valence-electron chi connectivity index (χ4n) is 4.60. The average Bonchev–Trinajstić information content (AvgIpc) is 3.31. The smallest absolute Gasteiger partial charge is 0.267 e. The minimum atomic E-state index is -3.95. The number of benzene rings is 2. The number of aromatic nitrogens is 4. The molecule has 38 heavy (non-hydrogen) atoms. The van der Waals surface area contributed by atoms with Crippen LogP contribution in [0.5, 0.6) is 11.6 Å². The van der Waals surface area contributed by atoms with E-state index in [2.05, 4.69) is 36.9 Å². The van der Waals surface area contributed by atoms with Crippen LogP contribution in [-0.2, 0) is 17.1 Å². The third-order valence-electron chi connectivity index (χ3n) is 6.45. The van der Waals surface area contributed by atoms with Crippen molar-refractivity contribution in [2.45, 2.75) is 31.7 Å². The second-order valence-electron chi connectivity index (χ2n) is 9.53. The number of nitrogens with one attached hydrogen (secondary N) is 2. The summed E-state index contributed by atoms with van der Waals surface area (Å²) < 4.78 is 36.0. The number of rotatable bonds is 7. The lowest BCUT2D eigenvalue weighted by atomic mass is 10.00. The van der Waals surface area contributed by atoms with E-state index in [1.54, 1.807) is 13.1 Å². The highest BCUT2D eigenvalue weighted by Gasteiger charge is 2.21. The second-order valence-corrected chi connectivity index (χ2v) is 11.2. The maximum Gasteiger partial charge on any atom is 0.267 e. The van der Waals surface area contributed by atoms with Crippen LogP contribution < -0.4 is 19.7 Å². The summed E-state index contributed by atoms with van der Waals surface area (Å²) in [5.41, 5.74) is 4.58. The average molecular weight is 534 g/mol. The van der Waals surface area contributed by atoms with Crippen LogP contribution in [0.25, 0.3) is 11.3 Å². The number of anilines is 2. The van der Waals surface area contributed by atoms with E-state index in [1.807, 2.05) is 56.3 Å². The molecule has 0 radical (unpaired) electrons. The number of aryl methyl sites for hydroxylation is 3. The van der Waals surface area contributed by atoms with E-state index in [4.69, 9.17) is 4.74 Å². The van der Waals surface area contributed by atoms with Gasteiger partial charge in [-0.15, -0.1) is 0 Å². The van der Waals surface area contributed by atoms with Crippen LogP contribution in [-0.4, -0.2) is 53.8 Å². The van der Waals surface area contributed by atoms with Crippen molar-refractivity contribution in [3.8, 4) is 22.9 Å². The molecule has 0 bridgehead atoms. The Labute approximate surface area is 222 Å². The SMILES string of the molecule is Cc1cccc(C)c1-c1cc(Oc2ccc(N3CCNC(C)C3)cc2)nc(NS(=O)(=O)c2cnn(C)c2)n1. The molecule has 198 valence electrons. The third kappa shape index (κ3) is 5.63. The van der Waals surface area contributed by atoms with Crippen molar-refractivity contribution in [2.24, 2.45) is 7.05 Å². The predicted octanol–water partition coefficient (Wildman–Crippen LogP) is 3.89. The lowest BCUT2D eigenvalue weighted by Gasteiger charge is -2.33. The van der Waals surface area contributed by atoms with Crippen LogP contribution in [0.1, 0.15) is 18.1 Å². The molecule has 4 aromatic rings. The predicted molar refractivity (Wildman–Crippen MR) is 147 cm³/mol. The van der Waals surface area contributed by atoms with Gasteiger partial charge < -0.3 is 15.0 Å². The normalized spacial score (nSPS) is 15.9. The largest absolute Gasteiger partial charge is 0.439 e. The molecule has 1 unspecified atom stereocenters. The van der Waals surface area contributed by atoms with Gasteiger partial charge in [-0.25, -0.2) is 18.1 Å². The molecule has 0 aliphatic carbocycles. The highest BCUT2D eigenvalue weighted by atomic mass is 32.2. The highest BCUT2D eigenvalue weighted by Crippen LogP contribution is 2.31. The van der Waals surface area contributed by atoms with Gasteiger partial charge in [0.25, 0.3) is 10.0 Å². The zero-order valence-electron chi connectivity index (χ0n) is 21.8. The van der Waals surface area contributed by atoms with Crippen molar-refractivity contribution >= 4 is 21.7 Å². The second kappa shape index (κ2) is 10.4. The summed E-state index contributed by atoms with van der Waals surface area (Å²) >= 11 is 0. The van der Waals surface area contributed by atoms with Gasteiger partial charge in [0, 0.05) is 56.2 Å². The Balaban J connectivity index is 1.47. The Morgan fingerprint density at radius 3 is 2.47 bits per heavy atom. The molecule has 5 rings (SSSR count). The minimum Gasteiger partial charge on any atom is -0.439 e. The maximum atomic E-state index is 13.0. The van der Waals surface area contributed by atoms with Crippen molar-refractivity contribution in [2.75, 3.05) is 29.3 Å². The van der Waals surface area contributed by atoms with Gasteiger partial charge in [0.2, 0.25) is 11.8 Å². The number of ether oxygens (including phenoxy) is 1. The summed E-state index contributed by atoms with van der Waals surface area (Å²) in [6.45, 7) is 8.97. The fraction of sp³-hybridized carbons (Fsp3) is 0.296. The first-order chi connectivity index (χ1) is 18.2. The van der Waals surface area contributed by atoms with Gasteiger partial charge in [-0.1, -0.05) is 18.2 Å². The lowest BCUT2D eigenvalue weighted by molar-refractivity contribution is 0.462. The monoisotopic (exact) mass is 533 g/mol. The zero-order chi connectivity index (χ0) is 26.9. The highest BCUT2D eigenvalue weighted by molar-refractivity contribution is 7.92. The van der Waals surface area contributed by atoms with Crippen molar-refractivity contribution < 1.29 is 13.2 Å². The molecular weight excluding hydrogens is 502 g/mol. The molecule has 1 atom stereocenters. The van der Waals surface area contributed by atoms with Gasteiger partial charge in [-0.05, 0) is 56.2 Å². The molecule has 10 nitrogen and oxygen atoms in total. The molecule has 1 aliphatic rings. The number of hydrogen-bond acceptors (Lipinski definition) is 8. The molecule has 2 aromatic heterocycles. The number of hydrogen-bond donors (Lipinski definition) is 2. The number of piperazine rings is 1. The zero-order valence-corrected chi connectivity index (χ0v) is 22.7. The summed E-state index contributed by atoms with van der Waals surface area (Å²) in [6, 6.07) is 15.9. The first kappa shape index (κ1) is 25.7. The molecule has 1 fully saturated rings. The summed E-state index contributed by atoms with van der Waals surface area (Å²) in [7, 11) is -2.30. The standard InChI is InChI=1S/C27H31N7O3S/c1-18-6-5-7-19(2)26(18)24-14-25(31-27(30-24)32-38(35,36)23-15-29-33(4)17-23)37-22-10-8-21(9-11-22)34-13-12-28-20(3)16-34/h5-11,14-15,17,20,28H,12-13,16H2,1-4H3,(H,30,31,32). The number of sulfonamides is 1. The van der Waals surface area contributed by atoms with Crippen LogP contribution in [0.3, 0.4) is 0 Å². The maximum absolute atomic E-state index is 13.0. The van der Waals surface area contributed by atoms with Crippen LogP contribution >= 0.6 is 0 Å². The van der Waals surface area contributed by atoms with Gasteiger partial charge >= 0.3 is 0 Å². The van der Waals surface area contributed by atoms with Gasteiger partial charge in [-0.3, -0.25) is 4.68 Å². The molecule has 1 aliphatic heterocycles. The van der Waals surface area contributed by atoms with E-state index in [0.717, 1.165) is 42.0 Å². The van der Waals surface area contributed by atoms with E-state index in [9.17, 15) is 8.42 Å². The molecule has 0 spiro atoms. The van der Waals surface area contributed by atoms with E-state index in [-0.39, 0.29) is 16.7 Å². The molecule has 2 aromatic carbocycles. The van der Waals surface area contributed by atoms with E-state index < -0.39 is 10.0 Å². The van der Waals surface area contributed by atoms with Crippen LogP contribution in [0.2, 0.25) is 0 Å². The van der Waals surface area contributed by atoms with Crippen molar-refractivity contribution in [3.63, 3.8) is 0 Å². The Bertz CT molecular complexity index is 1530. The molecule has 2 N–H and O–H groups in total. The van der Waals surface area contributed by atoms with E-state index in [0.29, 0.717) is 17.5 Å². The third-order valence-corrected chi connectivity index (χ3v) is 7.73. The van der Waals surface area contributed by atoms with E-state index >= 15 is 0 Å². The summed E-state index contributed by atoms with van der Waals surface area (Å²) in [6.07, 6.45) is 2.69. The Morgan fingerprint density at radius 2 is 1.82 bits per heavy atom. The van der Waals surface area contributed by atoms with Crippen molar-refractivity contribution in [3.05, 3.63) is 72.1 Å². The summed E-state index contributed by atoms with van der Waals surface area (Å²) in [5.74, 6) is 0.727. The summed E-state index contributed by atoms with van der Waals surface area (Å²) in [4.78, 5) is 11.3. The Hall–Kier alpha value is -3.96. The summed E-state index contributed by atoms with van der Waals surface area (Å²) in [5, 5.41) is 7.41. The molecular formula is C27H31N7O3S. The molecule has 3 heterocycles. The Kier molecular flexibility index (Phi) is 7.04. The topological polar surface area (TPSA) is 114 Å². The van der Waals surface area contributed by atoms with Gasteiger partial charge in [0.1, 0.15) is 10.6 Å². The van der Waals surface area contributed by atoms with Crippen LogP contribution in [0.15, 0.2) is 65.8 Å². The quantitative estimate of drug-likeness (QED) is 0.368. The molecule has 1 saturated heterocycles. The molecule has 11 heteroatoms. The van der Waals surface area contributed by atoms with Gasteiger partial charge in [-0.2, -0.15) is 10.1 Å². The van der Waals surface area contributed by atoms with Gasteiger partial charge in [0.15, 0.2) is 0 Å². The van der Waals surface area contributed by atoms with Crippen molar-refractivity contribution in [1.29, 1.82) is 0 Å². The van der Waals surface area contributed by atoms with E-state index in [1.165, 1.54) is 17.1 Å². The van der Waals surface area contributed by atoms with Crippen molar-refractivity contribution in [1.82, 2.24) is 25.1 Å².